The van der Waals surface area contributed by atoms with Crippen LogP contribution in [0.4, 0.5) is 0 Å². The van der Waals surface area contributed by atoms with Crippen LogP contribution < -0.4 is 5.43 Å². The Kier molecular flexibility index (Phi) is 3.43. The lowest BCUT2D eigenvalue weighted by molar-refractivity contribution is 0.397. The summed E-state index contributed by atoms with van der Waals surface area (Å²) in [4.78, 5) is 12.8. The number of aromatic hydroxyl groups is 2. The Labute approximate surface area is 134 Å². The maximum Gasteiger partial charge on any atom is 0.194 e. The SMILES string of the molecule is CC(C)(C)n1cc(Cn2cccc2)c(=O)c2cc(O)c(O)cc21. The first kappa shape index (κ1) is 15.2. The number of phenols is 2. The van der Waals surface area contributed by atoms with Crippen LogP contribution in [-0.2, 0) is 12.1 Å². The van der Waals surface area contributed by atoms with Crippen molar-refractivity contribution in [2.24, 2.45) is 0 Å². The van der Waals surface area contributed by atoms with E-state index in [4.69, 9.17) is 0 Å². The van der Waals surface area contributed by atoms with Gasteiger partial charge in [0.15, 0.2) is 16.9 Å². The van der Waals surface area contributed by atoms with Crippen LogP contribution in [0.2, 0.25) is 0 Å². The summed E-state index contributed by atoms with van der Waals surface area (Å²) < 4.78 is 3.89. The molecule has 0 saturated heterocycles. The van der Waals surface area contributed by atoms with Crippen molar-refractivity contribution >= 4 is 10.9 Å². The minimum Gasteiger partial charge on any atom is -0.504 e. The number of phenolic OH excluding ortho intramolecular Hbond substituents is 2. The predicted octanol–water partition coefficient (Wildman–Crippen LogP) is 3.02. The molecule has 23 heavy (non-hydrogen) atoms. The molecule has 0 aliphatic carbocycles. The second kappa shape index (κ2) is 5.19. The minimum atomic E-state index is -0.284. The highest BCUT2D eigenvalue weighted by Crippen LogP contribution is 2.31. The molecular formula is C18H20N2O3. The second-order valence-electron chi connectivity index (χ2n) is 6.74. The quantitative estimate of drug-likeness (QED) is 0.715. The molecule has 0 atom stereocenters. The molecule has 0 spiro atoms. The zero-order chi connectivity index (χ0) is 16.8. The number of aromatic nitrogens is 2. The van der Waals surface area contributed by atoms with Crippen LogP contribution in [0, 0.1) is 0 Å². The summed E-state index contributed by atoms with van der Waals surface area (Å²) >= 11 is 0. The van der Waals surface area contributed by atoms with Crippen molar-refractivity contribution in [3.8, 4) is 11.5 Å². The highest BCUT2D eigenvalue weighted by Gasteiger charge is 2.19. The van der Waals surface area contributed by atoms with E-state index in [1.807, 2.05) is 60.6 Å². The number of fused-ring (bicyclic) bond motifs is 1. The zero-order valence-electron chi connectivity index (χ0n) is 13.4. The fourth-order valence-corrected chi connectivity index (χ4v) is 2.74. The van der Waals surface area contributed by atoms with Crippen LogP contribution in [0.15, 0.2) is 47.7 Å². The van der Waals surface area contributed by atoms with Gasteiger partial charge in [0, 0.05) is 41.1 Å². The van der Waals surface area contributed by atoms with Crippen molar-refractivity contribution in [3.63, 3.8) is 0 Å². The van der Waals surface area contributed by atoms with E-state index in [1.54, 1.807) is 0 Å². The molecule has 0 saturated carbocycles. The number of benzene rings is 1. The van der Waals surface area contributed by atoms with E-state index in [1.165, 1.54) is 12.1 Å². The monoisotopic (exact) mass is 312 g/mol. The molecule has 0 unspecified atom stereocenters. The lowest BCUT2D eigenvalue weighted by Crippen LogP contribution is -2.26. The first-order chi connectivity index (χ1) is 10.8. The Hall–Kier alpha value is -2.69. The van der Waals surface area contributed by atoms with Gasteiger partial charge in [0.05, 0.1) is 12.1 Å². The molecule has 0 radical (unpaired) electrons. The van der Waals surface area contributed by atoms with E-state index in [9.17, 15) is 15.0 Å². The van der Waals surface area contributed by atoms with Crippen molar-refractivity contribution in [2.75, 3.05) is 0 Å². The van der Waals surface area contributed by atoms with Crippen LogP contribution in [0.1, 0.15) is 26.3 Å². The van der Waals surface area contributed by atoms with Gasteiger partial charge < -0.3 is 19.3 Å². The molecule has 0 fully saturated rings. The lowest BCUT2D eigenvalue weighted by atomic mass is 10.0. The van der Waals surface area contributed by atoms with Gasteiger partial charge in [0.1, 0.15) is 0 Å². The Bertz CT molecular complexity index is 916. The molecule has 2 N–H and O–H groups in total. The van der Waals surface area contributed by atoms with Gasteiger partial charge in [-0.15, -0.1) is 0 Å². The Morgan fingerprint density at radius 2 is 1.65 bits per heavy atom. The van der Waals surface area contributed by atoms with Crippen molar-refractivity contribution in [3.05, 3.63) is 58.6 Å². The first-order valence-corrected chi connectivity index (χ1v) is 7.49. The Morgan fingerprint density at radius 1 is 1.04 bits per heavy atom. The molecule has 1 aromatic carbocycles. The van der Waals surface area contributed by atoms with Gasteiger partial charge in [-0.25, -0.2) is 0 Å². The van der Waals surface area contributed by atoms with Crippen LogP contribution >= 0.6 is 0 Å². The third-order valence-electron chi connectivity index (χ3n) is 3.92. The summed E-state index contributed by atoms with van der Waals surface area (Å²) in [7, 11) is 0. The average Bonchev–Trinajstić information content (AvgIpc) is 2.96. The van der Waals surface area contributed by atoms with Gasteiger partial charge in [-0.2, -0.15) is 0 Å². The van der Waals surface area contributed by atoms with Gasteiger partial charge in [0.25, 0.3) is 0 Å². The Balaban J connectivity index is 2.32. The summed E-state index contributed by atoms with van der Waals surface area (Å²) in [6, 6.07) is 6.60. The number of rotatable bonds is 2. The molecule has 5 heteroatoms. The number of hydrogen-bond acceptors (Lipinski definition) is 3. The molecule has 0 amide bonds. The van der Waals surface area contributed by atoms with Crippen LogP contribution in [0.5, 0.6) is 11.5 Å². The van der Waals surface area contributed by atoms with Gasteiger partial charge in [-0.05, 0) is 39.0 Å². The molecular weight excluding hydrogens is 292 g/mol. The predicted molar refractivity (Wildman–Crippen MR) is 90.1 cm³/mol. The van der Waals surface area contributed by atoms with Gasteiger partial charge in [-0.1, -0.05) is 0 Å². The second-order valence-corrected chi connectivity index (χ2v) is 6.74. The number of hydrogen-bond donors (Lipinski definition) is 2. The summed E-state index contributed by atoms with van der Waals surface area (Å²) in [5.41, 5.74) is 0.827. The van der Waals surface area contributed by atoms with E-state index in [-0.39, 0.29) is 22.5 Å². The summed E-state index contributed by atoms with van der Waals surface area (Å²) in [6.07, 6.45) is 5.64. The van der Waals surface area contributed by atoms with Crippen molar-refractivity contribution < 1.29 is 10.2 Å². The molecule has 2 heterocycles. The summed E-state index contributed by atoms with van der Waals surface area (Å²) in [5, 5.41) is 20.0. The van der Waals surface area contributed by atoms with Crippen molar-refractivity contribution in [1.29, 1.82) is 0 Å². The molecule has 3 rings (SSSR count). The average molecular weight is 312 g/mol. The molecule has 5 nitrogen and oxygen atoms in total. The first-order valence-electron chi connectivity index (χ1n) is 7.49. The van der Waals surface area contributed by atoms with E-state index < -0.39 is 0 Å². The number of pyridine rings is 1. The standard InChI is InChI=1S/C18H20N2O3/c1-18(2,3)20-11-12(10-19-6-4-5-7-19)17(23)13-8-15(21)16(22)9-14(13)20/h4-9,11,21-22H,10H2,1-3H3. The maximum atomic E-state index is 12.8. The van der Waals surface area contributed by atoms with E-state index >= 15 is 0 Å². The van der Waals surface area contributed by atoms with Crippen LogP contribution in [-0.4, -0.2) is 19.3 Å². The lowest BCUT2D eigenvalue weighted by Gasteiger charge is -2.27. The van der Waals surface area contributed by atoms with Crippen LogP contribution in [0.3, 0.4) is 0 Å². The molecule has 2 aromatic heterocycles. The third-order valence-corrected chi connectivity index (χ3v) is 3.92. The molecule has 0 aliphatic rings. The van der Waals surface area contributed by atoms with Crippen molar-refractivity contribution in [2.45, 2.75) is 32.9 Å². The third kappa shape index (κ3) is 2.70. The highest BCUT2D eigenvalue weighted by molar-refractivity contribution is 5.83. The van der Waals surface area contributed by atoms with Gasteiger partial charge in [0.2, 0.25) is 0 Å². The summed E-state index contributed by atoms with van der Waals surface area (Å²) in [5.74, 6) is -0.513. The Morgan fingerprint density at radius 3 is 2.26 bits per heavy atom. The topological polar surface area (TPSA) is 67.4 Å². The highest BCUT2D eigenvalue weighted by atomic mass is 16.3. The van der Waals surface area contributed by atoms with Gasteiger partial charge in [-0.3, -0.25) is 4.79 Å². The fraction of sp³-hybridized carbons (Fsp3) is 0.278. The smallest absolute Gasteiger partial charge is 0.194 e. The van der Waals surface area contributed by atoms with Crippen LogP contribution in [0.25, 0.3) is 10.9 Å². The molecule has 0 aliphatic heterocycles. The zero-order valence-corrected chi connectivity index (χ0v) is 13.4. The fourth-order valence-electron chi connectivity index (χ4n) is 2.74. The maximum absolute atomic E-state index is 12.8. The van der Waals surface area contributed by atoms with Crippen molar-refractivity contribution in [1.82, 2.24) is 9.13 Å². The van der Waals surface area contributed by atoms with E-state index in [2.05, 4.69) is 0 Å². The normalized spacial score (nSPS) is 12.0. The summed E-state index contributed by atoms with van der Waals surface area (Å²) in [6.45, 7) is 6.54. The molecule has 120 valence electrons. The largest absolute Gasteiger partial charge is 0.504 e. The van der Waals surface area contributed by atoms with E-state index in [0.29, 0.717) is 23.0 Å². The molecule has 3 aromatic rings. The van der Waals surface area contributed by atoms with E-state index in [0.717, 1.165) is 0 Å². The molecule has 0 bridgehead atoms. The van der Waals surface area contributed by atoms with Gasteiger partial charge >= 0.3 is 0 Å². The minimum absolute atomic E-state index is 0.135. The number of nitrogens with zero attached hydrogens (tertiary/aromatic N) is 2.